The summed E-state index contributed by atoms with van der Waals surface area (Å²) in [6.07, 6.45) is 1.59. The number of aliphatic hydroxyl groups is 2. The highest BCUT2D eigenvalue weighted by Crippen LogP contribution is 2.31. The quantitative estimate of drug-likeness (QED) is 0.149. The number of carbonyl (C=O) groups is 2. The monoisotopic (exact) mass is 629 g/mol. The van der Waals surface area contributed by atoms with E-state index in [-0.39, 0.29) is 31.4 Å². The van der Waals surface area contributed by atoms with Crippen molar-refractivity contribution in [2.75, 3.05) is 19.4 Å². The Bertz CT molecular complexity index is 1610. The molecule has 2 amide bonds. The Labute approximate surface area is 266 Å². The average Bonchev–Trinajstić information content (AvgIpc) is 3.55. The number of benzene rings is 3. The number of H-pyrrole nitrogens is 1. The minimum atomic E-state index is -0.916. The number of amides is 2. The van der Waals surface area contributed by atoms with Crippen LogP contribution in [0.5, 0.6) is 0 Å². The first-order valence-corrected chi connectivity index (χ1v) is 16.1. The van der Waals surface area contributed by atoms with E-state index in [2.05, 4.69) is 49.5 Å². The molecule has 0 radical (unpaired) electrons. The lowest BCUT2D eigenvalue weighted by Gasteiger charge is -2.29. The highest BCUT2D eigenvalue weighted by atomic mass is 32.2. The number of thioether (sulfide) groups is 1. The van der Waals surface area contributed by atoms with Crippen molar-refractivity contribution < 1.29 is 19.8 Å². The zero-order valence-corrected chi connectivity index (χ0v) is 26.5. The van der Waals surface area contributed by atoms with Crippen molar-refractivity contribution in [2.24, 2.45) is 0 Å². The predicted molar refractivity (Wildman–Crippen MR) is 173 cm³/mol. The second-order valence-electron chi connectivity index (χ2n) is 11.9. The molecule has 5 N–H and O–H groups in total. The second-order valence-corrected chi connectivity index (χ2v) is 12.8. The van der Waals surface area contributed by atoms with E-state index in [0.717, 1.165) is 38.3 Å². The number of fused-ring (bicyclic) bond motifs is 1. The largest absolute Gasteiger partial charge is 0.394 e. The van der Waals surface area contributed by atoms with Gasteiger partial charge in [-0.1, -0.05) is 54.6 Å². The third kappa shape index (κ3) is 8.14. The van der Waals surface area contributed by atoms with Crippen molar-refractivity contribution in [3.05, 3.63) is 83.4 Å². The minimum absolute atomic E-state index is 0.0969. The van der Waals surface area contributed by atoms with Gasteiger partial charge >= 0.3 is 0 Å². The van der Waals surface area contributed by atoms with Crippen LogP contribution in [0.2, 0.25) is 0 Å². The molecule has 1 aliphatic heterocycles. The van der Waals surface area contributed by atoms with Gasteiger partial charge in [-0.3, -0.25) is 9.59 Å². The maximum absolute atomic E-state index is 14.0. The van der Waals surface area contributed by atoms with Crippen molar-refractivity contribution in [2.45, 2.75) is 62.4 Å². The molecule has 2 heterocycles. The van der Waals surface area contributed by atoms with Crippen molar-refractivity contribution >= 4 is 23.6 Å². The summed E-state index contributed by atoms with van der Waals surface area (Å²) in [5.74, 6) is 0.181. The Morgan fingerprint density at radius 2 is 1.87 bits per heavy atom. The van der Waals surface area contributed by atoms with Crippen molar-refractivity contribution in [1.29, 1.82) is 0 Å². The lowest BCUT2D eigenvalue weighted by atomic mass is 9.98. The number of rotatable bonds is 12. The van der Waals surface area contributed by atoms with Crippen LogP contribution in [-0.2, 0) is 29.1 Å². The van der Waals surface area contributed by atoms with Crippen LogP contribution in [0.25, 0.3) is 22.5 Å². The number of aromatic nitrogens is 4. The summed E-state index contributed by atoms with van der Waals surface area (Å²) in [6.45, 7) is 4.30. The molecule has 0 bridgehead atoms. The smallest absolute Gasteiger partial charge is 0.246 e. The molecule has 1 aromatic heterocycles. The average molecular weight is 630 g/mol. The normalized spacial score (nSPS) is 15.8. The maximum atomic E-state index is 14.0. The van der Waals surface area contributed by atoms with Crippen molar-refractivity contribution in [3.63, 3.8) is 0 Å². The summed E-state index contributed by atoms with van der Waals surface area (Å²) in [5.41, 5.74) is 5.29. The van der Waals surface area contributed by atoms with Gasteiger partial charge in [0.2, 0.25) is 11.8 Å². The fraction of sp³-hybridized carbons (Fsp3) is 0.364. The molecule has 0 fully saturated rings. The number of hydrogen-bond donors (Lipinski definition) is 5. The van der Waals surface area contributed by atoms with Gasteiger partial charge in [0.25, 0.3) is 0 Å². The van der Waals surface area contributed by atoms with E-state index in [4.69, 9.17) is 5.11 Å². The van der Waals surface area contributed by atoms with E-state index in [1.807, 2.05) is 68.6 Å². The lowest BCUT2D eigenvalue weighted by Crippen LogP contribution is -2.51. The van der Waals surface area contributed by atoms with Gasteiger partial charge in [0.15, 0.2) is 5.82 Å². The Morgan fingerprint density at radius 1 is 1.11 bits per heavy atom. The molecular formula is C33H39N7O4S. The first kappa shape index (κ1) is 32.3. The Hall–Kier alpha value is -4.10. The first-order chi connectivity index (χ1) is 21.7. The van der Waals surface area contributed by atoms with Crippen LogP contribution in [0.3, 0.4) is 0 Å². The molecule has 11 nitrogen and oxygen atoms in total. The minimum Gasteiger partial charge on any atom is -0.394 e. The number of β-amino-alcohol motifs (C(OH)–C–C–N with tert-alkyl or cyclic N) is 1. The first-order valence-electron chi connectivity index (χ1n) is 14.9. The molecule has 0 saturated carbocycles. The lowest BCUT2D eigenvalue weighted by molar-refractivity contribution is -0.137. The van der Waals surface area contributed by atoms with Gasteiger partial charge in [0.1, 0.15) is 6.04 Å². The topological polar surface area (TPSA) is 156 Å². The summed E-state index contributed by atoms with van der Waals surface area (Å²) in [6, 6.07) is 21.5. The molecule has 3 aromatic carbocycles. The second kappa shape index (κ2) is 14.3. The van der Waals surface area contributed by atoms with Gasteiger partial charge in [0.05, 0.1) is 12.7 Å². The van der Waals surface area contributed by atoms with Gasteiger partial charge in [0, 0.05) is 48.5 Å². The van der Waals surface area contributed by atoms with Crippen LogP contribution in [-0.4, -0.2) is 84.6 Å². The van der Waals surface area contributed by atoms with E-state index in [1.54, 1.807) is 16.7 Å². The van der Waals surface area contributed by atoms with E-state index in [0.29, 0.717) is 25.3 Å². The fourth-order valence-corrected chi connectivity index (χ4v) is 5.99. The number of aromatic amines is 1. The summed E-state index contributed by atoms with van der Waals surface area (Å²) < 4.78 is 0. The Balaban J connectivity index is 1.35. The third-order valence-electron chi connectivity index (χ3n) is 7.94. The zero-order chi connectivity index (χ0) is 32.0. The van der Waals surface area contributed by atoms with Crippen molar-refractivity contribution in [1.82, 2.24) is 36.2 Å². The van der Waals surface area contributed by atoms with Crippen LogP contribution >= 0.6 is 11.8 Å². The Morgan fingerprint density at radius 3 is 2.56 bits per heavy atom. The summed E-state index contributed by atoms with van der Waals surface area (Å²) in [7, 11) is 0. The number of aliphatic hydroxyl groups excluding tert-OH is 2. The molecule has 5 rings (SSSR count). The molecule has 236 valence electrons. The number of tetrazole rings is 1. The van der Waals surface area contributed by atoms with Crippen LogP contribution in [0.4, 0.5) is 0 Å². The highest BCUT2D eigenvalue weighted by Gasteiger charge is 2.32. The zero-order valence-electron chi connectivity index (χ0n) is 25.7. The maximum Gasteiger partial charge on any atom is 0.246 e. The summed E-state index contributed by atoms with van der Waals surface area (Å²) >= 11 is 1.64. The SMILES string of the molecule is CSc1ccc2c(c1)C[C@@H](NC(=O)CC(C)(C)NC[C@H](O)CO)C(=O)N(Cc1ccc(-c3ccccc3-c3nnn[nH]3)cc1)C2. The van der Waals surface area contributed by atoms with Gasteiger partial charge in [-0.15, -0.1) is 16.9 Å². The summed E-state index contributed by atoms with van der Waals surface area (Å²) in [5, 5.41) is 39.3. The molecule has 2 atom stereocenters. The molecule has 0 unspecified atom stereocenters. The van der Waals surface area contributed by atoms with E-state index in [1.165, 1.54) is 0 Å². The number of carbonyl (C=O) groups excluding carboxylic acids is 2. The number of hydrogen-bond acceptors (Lipinski definition) is 9. The number of nitrogens with zero attached hydrogens (tertiary/aromatic N) is 4. The molecular weight excluding hydrogens is 590 g/mol. The summed E-state index contributed by atoms with van der Waals surface area (Å²) in [4.78, 5) is 30.1. The van der Waals surface area contributed by atoms with Gasteiger partial charge < -0.3 is 25.7 Å². The molecule has 0 spiro atoms. The highest BCUT2D eigenvalue weighted by molar-refractivity contribution is 7.98. The molecule has 4 aromatic rings. The van der Waals surface area contributed by atoms with Crippen molar-refractivity contribution in [3.8, 4) is 22.5 Å². The fourth-order valence-electron chi connectivity index (χ4n) is 5.52. The molecule has 0 saturated heterocycles. The van der Waals surface area contributed by atoms with Gasteiger partial charge in [-0.25, -0.2) is 5.10 Å². The van der Waals surface area contributed by atoms with E-state index < -0.39 is 17.7 Å². The van der Waals surface area contributed by atoms with Crippen LogP contribution in [0.15, 0.2) is 71.6 Å². The Kier molecular flexibility index (Phi) is 10.3. The van der Waals surface area contributed by atoms with Crippen LogP contribution in [0.1, 0.15) is 37.0 Å². The van der Waals surface area contributed by atoms with E-state index in [9.17, 15) is 14.7 Å². The third-order valence-corrected chi connectivity index (χ3v) is 8.66. The molecule has 0 aliphatic carbocycles. The molecule has 1 aliphatic rings. The predicted octanol–water partition coefficient (Wildman–Crippen LogP) is 2.94. The van der Waals surface area contributed by atoms with Crippen LogP contribution < -0.4 is 10.6 Å². The molecule has 12 heteroatoms. The molecule has 45 heavy (non-hydrogen) atoms. The van der Waals surface area contributed by atoms with E-state index >= 15 is 0 Å². The standard InChI is InChI=1S/C33H39N7O4S/c1-33(2,34-17-25(42)20-41)16-30(43)35-29-15-24-14-26(45-3)13-12-23(24)19-40(32(29)44)18-21-8-10-22(11-9-21)27-6-4-5-7-28(27)31-36-38-39-37-31/h4-14,25,29,34,41-42H,15-20H2,1-3H3,(H,35,43)(H,36,37,38,39)/t25-,29+/m0/s1. The van der Waals surface area contributed by atoms with Gasteiger partial charge in [-0.2, -0.15) is 0 Å². The van der Waals surface area contributed by atoms with Crippen LogP contribution in [0, 0.1) is 0 Å². The van der Waals surface area contributed by atoms with Gasteiger partial charge in [-0.05, 0) is 70.5 Å². The number of nitrogens with one attached hydrogen (secondary N) is 3.